The predicted molar refractivity (Wildman–Crippen MR) is 123 cm³/mol. The summed E-state index contributed by atoms with van der Waals surface area (Å²) in [6.45, 7) is 6.31. The summed E-state index contributed by atoms with van der Waals surface area (Å²) < 4.78 is 11.5. The number of oxazole rings is 1. The molecule has 4 rings (SSSR count). The molecule has 0 unspecified atom stereocenters. The van der Waals surface area contributed by atoms with Crippen LogP contribution in [0.4, 0.5) is 5.69 Å². The van der Waals surface area contributed by atoms with Gasteiger partial charge in [0.1, 0.15) is 11.3 Å². The molecule has 1 heterocycles. The van der Waals surface area contributed by atoms with E-state index in [1.165, 1.54) is 5.56 Å². The Labute approximate surface area is 182 Å². The fourth-order valence-electron chi connectivity index (χ4n) is 3.36. The van der Waals surface area contributed by atoms with Crippen LogP contribution in [0.25, 0.3) is 22.6 Å². The molecule has 31 heavy (non-hydrogen) atoms. The normalized spacial score (nSPS) is 12.0. The van der Waals surface area contributed by atoms with Crippen LogP contribution in [-0.2, 0) is 4.79 Å². The smallest absolute Gasteiger partial charge is 0.262 e. The van der Waals surface area contributed by atoms with E-state index in [0.717, 1.165) is 28.6 Å². The van der Waals surface area contributed by atoms with Crippen LogP contribution in [0.2, 0.25) is 0 Å². The molecule has 1 atom stereocenters. The number of carbonyl (C=O) groups is 1. The Hall–Kier alpha value is -3.60. The van der Waals surface area contributed by atoms with Crippen molar-refractivity contribution < 1.29 is 13.9 Å². The predicted octanol–water partition coefficient (Wildman–Crippen LogP) is 6.33. The lowest BCUT2D eigenvalue weighted by Crippen LogP contribution is -2.20. The number of aromatic nitrogens is 1. The van der Waals surface area contributed by atoms with Crippen molar-refractivity contribution in [1.82, 2.24) is 4.98 Å². The van der Waals surface area contributed by atoms with Gasteiger partial charge in [-0.25, -0.2) is 4.98 Å². The van der Waals surface area contributed by atoms with E-state index >= 15 is 0 Å². The zero-order valence-electron chi connectivity index (χ0n) is 18.0. The van der Waals surface area contributed by atoms with Gasteiger partial charge in [-0.3, -0.25) is 4.79 Å². The molecule has 5 heteroatoms. The molecule has 0 saturated carbocycles. The molecule has 0 spiro atoms. The minimum Gasteiger partial charge on any atom is -0.484 e. The summed E-state index contributed by atoms with van der Waals surface area (Å²) >= 11 is 0. The Morgan fingerprint density at radius 1 is 1.10 bits per heavy atom. The Bertz CT molecular complexity index is 1190. The molecule has 5 nitrogen and oxygen atoms in total. The second kappa shape index (κ2) is 9.04. The number of ether oxygens (including phenoxy) is 1. The van der Waals surface area contributed by atoms with Crippen LogP contribution in [0.15, 0.2) is 71.1 Å². The van der Waals surface area contributed by atoms with E-state index in [1.807, 2.05) is 73.7 Å². The number of nitrogens with one attached hydrogen (secondary N) is 1. The largest absolute Gasteiger partial charge is 0.484 e. The van der Waals surface area contributed by atoms with E-state index in [-0.39, 0.29) is 12.5 Å². The van der Waals surface area contributed by atoms with Crippen molar-refractivity contribution in [2.45, 2.75) is 33.1 Å². The second-order valence-corrected chi connectivity index (χ2v) is 7.79. The van der Waals surface area contributed by atoms with Crippen molar-refractivity contribution in [2.24, 2.45) is 0 Å². The van der Waals surface area contributed by atoms with Crippen molar-refractivity contribution in [3.05, 3.63) is 77.9 Å². The maximum Gasteiger partial charge on any atom is 0.262 e. The monoisotopic (exact) mass is 414 g/mol. The number of benzene rings is 3. The molecule has 0 saturated heterocycles. The first-order valence-corrected chi connectivity index (χ1v) is 10.5. The lowest BCUT2D eigenvalue weighted by atomic mass is 9.99. The van der Waals surface area contributed by atoms with Crippen LogP contribution >= 0.6 is 0 Å². The standard InChI is InChI=1S/C26H26N2O3/c1-4-18(3)19-9-11-22(12-10-19)30-16-25(29)27-21-7-5-6-20(15-21)26-28-23-13-8-17(2)14-24(23)31-26/h5-15,18H,4,16H2,1-3H3,(H,27,29)/t18-/m1/s1. The lowest BCUT2D eigenvalue weighted by Gasteiger charge is -2.11. The van der Waals surface area contributed by atoms with Gasteiger partial charge >= 0.3 is 0 Å². The highest BCUT2D eigenvalue weighted by Gasteiger charge is 2.11. The Morgan fingerprint density at radius 2 is 1.90 bits per heavy atom. The maximum atomic E-state index is 12.4. The number of carbonyl (C=O) groups excluding carboxylic acids is 1. The molecule has 1 N–H and O–H groups in total. The SMILES string of the molecule is CC[C@@H](C)c1ccc(OCC(=O)Nc2cccc(-c3nc4ccc(C)cc4o3)c2)cc1. The number of fused-ring (bicyclic) bond motifs is 1. The van der Waals surface area contributed by atoms with E-state index in [4.69, 9.17) is 9.15 Å². The van der Waals surface area contributed by atoms with Crippen LogP contribution in [0.3, 0.4) is 0 Å². The summed E-state index contributed by atoms with van der Waals surface area (Å²) in [5.74, 6) is 1.48. The molecular formula is C26H26N2O3. The molecule has 1 aromatic heterocycles. The van der Waals surface area contributed by atoms with Gasteiger partial charge in [0, 0.05) is 11.3 Å². The van der Waals surface area contributed by atoms with Crippen LogP contribution in [0.1, 0.15) is 37.3 Å². The number of hydrogen-bond donors (Lipinski definition) is 1. The first kappa shape index (κ1) is 20.7. The quantitative estimate of drug-likeness (QED) is 0.383. The third kappa shape index (κ3) is 4.94. The van der Waals surface area contributed by atoms with Gasteiger partial charge in [0.05, 0.1) is 0 Å². The summed E-state index contributed by atoms with van der Waals surface area (Å²) in [6.07, 6.45) is 1.09. The van der Waals surface area contributed by atoms with E-state index < -0.39 is 0 Å². The van der Waals surface area contributed by atoms with E-state index in [9.17, 15) is 4.79 Å². The molecule has 0 fully saturated rings. The highest BCUT2D eigenvalue weighted by Crippen LogP contribution is 2.27. The molecule has 0 bridgehead atoms. The lowest BCUT2D eigenvalue weighted by molar-refractivity contribution is -0.118. The third-order valence-corrected chi connectivity index (χ3v) is 5.37. The fraction of sp³-hybridized carbons (Fsp3) is 0.231. The summed E-state index contributed by atoms with van der Waals surface area (Å²) in [5.41, 5.74) is 5.40. The number of nitrogens with zero attached hydrogens (tertiary/aromatic N) is 1. The fourth-order valence-corrected chi connectivity index (χ4v) is 3.36. The first-order chi connectivity index (χ1) is 15.0. The van der Waals surface area contributed by atoms with Crippen molar-refractivity contribution >= 4 is 22.7 Å². The van der Waals surface area contributed by atoms with Gasteiger partial charge in [-0.2, -0.15) is 0 Å². The average Bonchev–Trinajstić information content (AvgIpc) is 3.21. The third-order valence-electron chi connectivity index (χ3n) is 5.37. The number of aryl methyl sites for hydroxylation is 1. The first-order valence-electron chi connectivity index (χ1n) is 10.5. The minimum atomic E-state index is -0.226. The van der Waals surface area contributed by atoms with Gasteiger partial charge in [0.15, 0.2) is 12.2 Å². The van der Waals surface area contributed by atoms with Crippen LogP contribution in [-0.4, -0.2) is 17.5 Å². The molecular weight excluding hydrogens is 388 g/mol. The molecule has 0 radical (unpaired) electrons. The Balaban J connectivity index is 1.39. The number of anilines is 1. The zero-order valence-corrected chi connectivity index (χ0v) is 18.0. The summed E-state index contributed by atoms with van der Waals surface area (Å²) in [7, 11) is 0. The minimum absolute atomic E-state index is 0.0604. The van der Waals surface area contributed by atoms with Crippen LogP contribution in [0, 0.1) is 6.92 Å². The van der Waals surface area contributed by atoms with E-state index in [2.05, 4.69) is 24.1 Å². The van der Waals surface area contributed by atoms with Crippen molar-refractivity contribution in [3.63, 3.8) is 0 Å². The van der Waals surface area contributed by atoms with Crippen molar-refractivity contribution in [2.75, 3.05) is 11.9 Å². The highest BCUT2D eigenvalue weighted by molar-refractivity contribution is 5.92. The molecule has 1 amide bonds. The average molecular weight is 415 g/mol. The number of hydrogen-bond acceptors (Lipinski definition) is 4. The molecule has 4 aromatic rings. The van der Waals surface area contributed by atoms with Gasteiger partial charge in [-0.1, -0.05) is 38.1 Å². The van der Waals surface area contributed by atoms with Gasteiger partial charge < -0.3 is 14.5 Å². The summed E-state index contributed by atoms with van der Waals surface area (Å²) in [5, 5.41) is 2.87. The zero-order chi connectivity index (χ0) is 21.8. The molecule has 0 aliphatic rings. The molecule has 0 aliphatic carbocycles. The van der Waals surface area contributed by atoms with Crippen molar-refractivity contribution in [1.29, 1.82) is 0 Å². The van der Waals surface area contributed by atoms with E-state index in [0.29, 0.717) is 23.2 Å². The number of rotatable bonds is 7. The summed E-state index contributed by atoms with van der Waals surface area (Å²) in [4.78, 5) is 16.9. The molecule has 3 aromatic carbocycles. The topological polar surface area (TPSA) is 64.4 Å². The van der Waals surface area contributed by atoms with Gasteiger partial charge in [0.2, 0.25) is 5.89 Å². The second-order valence-electron chi connectivity index (χ2n) is 7.79. The summed E-state index contributed by atoms with van der Waals surface area (Å²) in [6, 6.07) is 21.3. The van der Waals surface area contributed by atoms with Crippen molar-refractivity contribution in [3.8, 4) is 17.2 Å². The van der Waals surface area contributed by atoms with Crippen LogP contribution < -0.4 is 10.1 Å². The Morgan fingerprint density at radius 3 is 2.68 bits per heavy atom. The number of amides is 1. The van der Waals surface area contributed by atoms with Gasteiger partial charge in [0.25, 0.3) is 5.91 Å². The van der Waals surface area contributed by atoms with E-state index in [1.54, 1.807) is 0 Å². The highest BCUT2D eigenvalue weighted by atomic mass is 16.5. The van der Waals surface area contributed by atoms with Gasteiger partial charge in [-0.05, 0) is 72.9 Å². The Kier molecular flexibility index (Phi) is 6.03. The molecule has 0 aliphatic heterocycles. The molecule has 158 valence electrons. The van der Waals surface area contributed by atoms with Crippen LogP contribution in [0.5, 0.6) is 5.75 Å². The maximum absolute atomic E-state index is 12.4. The van der Waals surface area contributed by atoms with Gasteiger partial charge in [-0.15, -0.1) is 0 Å².